The van der Waals surface area contributed by atoms with Crippen molar-refractivity contribution in [3.8, 4) is 0 Å². The summed E-state index contributed by atoms with van der Waals surface area (Å²) in [5.41, 5.74) is 0.941. The van der Waals surface area contributed by atoms with Crippen LogP contribution in [-0.4, -0.2) is 43.8 Å². The van der Waals surface area contributed by atoms with Crippen LogP contribution in [0.5, 0.6) is 0 Å². The summed E-state index contributed by atoms with van der Waals surface area (Å²) in [6, 6.07) is 20.6. The van der Waals surface area contributed by atoms with Crippen LogP contribution in [0, 0.1) is 0 Å². The molecule has 40 heavy (non-hydrogen) atoms. The van der Waals surface area contributed by atoms with E-state index in [1.54, 1.807) is 66.7 Å². The molecule has 0 aromatic heterocycles. The Hall–Kier alpha value is -3.07. The lowest BCUT2D eigenvalue weighted by Crippen LogP contribution is -2.53. The number of benzene rings is 3. The summed E-state index contributed by atoms with van der Waals surface area (Å²) in [4.78, 5) is 29.1. The van der Waals surface area contributed by atoms with Crippen LogP contribution in [-0.2, 0) is 26.2 Å². The van der Waals surface area contributed by atoms with Gasteiger partial charge in [0.2, 0.25) is 11.8 Å². The summed E-state index contributed by atoms with van der Waals surface area (Å²) in [5.74, 6) is -0.784. The number of rotatable bonds is 11. The maximum absolute atomic E-state index is 14.1. The average Bonchev–Trinajstić information content (AvgIpc) is 3.46. The summed E-state index contributed by atoms with van der Waals surface area (Å²) >= 11 is 12.6. The predicted octanol–water partition coefficient (Wildman–Crippen LogP) is 6.05. The smallest absolute Gasteiger partial charge is 0.264 e. The Balaban J connectivity index is 1.70. The van der Waals surface area contributed by atoms with Gasteiger partial charge in [-0.2, -0.15) is 0 Å². The second-order valence-electron chi connectivity index (χ2n) is 9.83. The molecule has 1 aliphatic rings. The molecule has 7 nitrogen and oxygen atoms in total. The van der Waals surface area contributed by atoms with Gasteiger partial charge in [-0.15, -0.1) is 0 Å². The third-order valence-corrected chi connectivity index (χ3v) is 9.47. The zero-order chi connectivity index (χ0) is 28.7. The zero-order valence-electron chi connectivity index (χ0n) is 22.3. The highest BCUT2D eigenvalue weighted by Crippen LogP contribution is 2.27. The van der Waals surface area contributed by atoms with Gasteiger partial charge in [-0.05, 0) is 61.2 Å². The van der Waals surface area contributed by atoms with Gasteiger partial charge in [0.1, 0.15) is 12.6 Å². The molecule has 212 valence electrons. The molecule has 4 rings (SSSR count). The predicted molar refractivity (Wildman–Crippen MR) is 159 cm³/mol. The van der Waals surface area contributed by atoms with Crippen LogP contribution in [0.4, 0.5) is 5.69 Å². The Kier molecular flexibility index (Phi) is 10.1. The largest absolute Gasteiger partial charge is 0.352 e. The van der Waals surface area contributed by atoms with E-state index in [4.69, 9.17) is 23.2 Å². The van der Waals surface area contributed by atoms with Gasteiger partial charge in [0, 0.05) is 22.6 Å². The van der Waals surface area contributed by atoms with Gasteiger partial charge < -0.3 is 10.2 Å². The van der Waals surface area contributed by atoms with Crippen molar-refractivity contribution in [1.29, 1.82) is 0 Å². The number of nitrogens with zero attached hydrogens (tertiary/aromatic N) is 2. The van der Waals surface area contributed by atoms with Crippen molar-refractivity contribution >= 4 is 50.7 Å². The lowest BCUT2D eigenvalue weighted by Gasteiger charge is -2.34. The summed E-state index contributed by atoms with van der Waals surface area (Å²) in [6.45, 7) is 1.34. The molecule has 1 unspecified atom stereocenters. The molecule has 1 N–H and O–H groups in total. The fourth-order valence-electron chi connectivity index (χ4n) is 4.96. The van der Waals surface area contributed by atoms with E-state index in [-0.39, 0.29) is 23.4 Å². The number of hydrogen-bond donors (Lipinski definition) is 1. The highest BCUT2D eigenvalue weighted by atomic mass is 35.5. The Morgan fingerprint density at radius 2 is 1.57 bits per heavy atom. The molecule has 0 aliphatic heterocycles. The van der Waals surface area contributed by atoms with Crippen molar-refractivity contribution < 1.29 is 18.0 Å². The molecule has 0 heterocycles. The van der Waals surface area contributed by atoms with Crippen LogP contribution < -0.4 is 9.62 Å². The van der Waals surface area contributed by atoms with Crippen molar-refractivity contribution in [2.24, 2.45) is 0 Å². The number of carbonyl (C=O) groups is 2. The van der Waals surface area contributed by atoms with Crippen molar-refractivity contribution in [1.82, 2.24) is 10.2 Å². The number of halogens is 2. The Labute approximate surface area is 246 Å². The van der Waals surface area contributed by atoms with Gasteiger partial charge in [-0.1, -0.05) is 85.4 Å². The van der Waals surface area contributed by atoms with Gasteiger partial charge in [0.05, 0.1) is 10.6 Å². The fraction of sp³-hybridized carbons (Fsp3) is 0.333. The molecular weight excluding hydrogens is 569 g/mol. The molecule has 0 bridgehead atoms. The maximum atomic E-state index is 14.1. The number of sulfonamides is 1. The number of anilines is 1. The first kappa shape index (κ1) is 29.9. The topological polar surface area (TPSA) is 86.8 Å². The third-order valence-electron chi connectivity index (χ3n) is 7.10. The zero-order valence-corrected chi connectivity index (χ0v) is 24.6. The van der Waals surface area contributed by atoms with E-state index in [9.17, 15) is 18.0 Å². The van der Waals surface area contributed by atoms with Crippen LogP contribution in [0.25, 0.3) is 0 Å². The Morgan fingerprint density at radius 1 is 0.950 bits per heavy atom. The maximum Gasteiger partial charge on any atom is 0.264 e. The van der Waals surface area contributed by atoms with E-state index in [0.29, 0.717) is 27.7 Å². The molecule has 2 amide bonds. The Morgan fingerprint density at radius 3 is 2.17 bits per heavy atom. The normalized spacial score (nSPS) is 14.5. The molecule has 1 saturated carbocycles. The standard InChI is InChI=1S/C30H33Cl2N3O4S/c1-2-28(30(37)33-24-11-9-10-12-24)34(20-22-17-18-23(31)19-27(22)32)29(36)21-35(25-13-5-3-6-14-25)40(38,39)26-15-7-4-8-16-26/h3-8,13-19,24,28H,2,9-12,20-21H2,1H3,(H,33,37). The summed E-state index contributed by atoms with van der Waals surface area (Å²) < 4.78 is 28.7. The van der Waals surface area contributed by atoms with Crippen molar-refractivity contribution in [3.63, 3.8) is 0 Å². The van der Waals surface area contributed by atoms with Gasteiger partial charge in [-0.3, -0.25) is 13.9 Å². The van der Waals surface area contributed by atoms with E-state index in [1.807, 2.05) is 6.92 Å². The number of hydrogen-bond acceptors (Lipinski definition) is 4. The van der Waals surface area contributed by atoms with Gasteiger partial charge in [-0.25, -0.2) is 8.42 Å². The molecule has 0 saturated heterocycles. The van der Waals surface area contributed by atoms with Crippen LogP contribution >= 0.6 is 23.2 Å². The average molecular weight is 603 g/mol. The van der Waals surface area contributed by atoms with E-state index in [1.165, 1.54) is 17.0 Å². The lowest BCUT2D eigenvalue weighted by molar-refractivity contribution is -0.140. The summed E-state index contributed by atoms with van der Waals surface area (Å²) in [6.07, 6.45) is 4.24. The minimum Gasteiger partial charge on any atom is -0.352 e. The second kappa shape index (κ2) is 13.5. The fourth-order valence-corrected chi connectivity index (χ4v) is 6.87. The van der Waals surface area contributed by atoms with Gasteiger partial charge >= 0.3 is 0 Å². The second-order valence-corrected chi connectivity index (χ2v) is 12.5. The number of amides is 2. The molecular formula is C30H33Cl2N3O4S. The van der Waals surface area contributed by atoms with Gasteiger partial charge in [0.25, 0.3) is 10.0 Å². The van der Waals surface area contributed by atoms with E-state index >= 15 is 0 Å². The van der Waals surface area contributed by atoms with E-state index in [2.05, 4.69) is 5.32 Å². The Bertz CT molecular complexity index is 1420. The molecule has 0 spiro atoms. The van der Waals surface area contributed by atoms with Crippen molar-refractivity contribution in [2.45, 2.75) is 62.6 Å². The number of para-hydroxylation sites is 1. The van der Waals surface area contributed by atoms with Crippen LogP contribution in [0.1, 0.15) is 44.6 Å². The first-order chi connectivity index (χ1) is 19.2. The van der Waals surface area contributed by atoms with Crippen molar-refractivity contribution in [2.75, 3.05) is 10.8 Å². The molecule has 0 radical (unpaired) electrons. The molecule has 1 aliphatic carbocycles. The first-order valence-electron chi connectivity index (χ1n) is 13.4. The van der Waals surface area contributed by atoms with Crippen LogP contribution in [0.15, 0.2) is 83.8 Å². The molecule has 1 atom stereocenters. The minimum absolute atomic E-state index is 0.0133. The summed E-state index contributed by atoms with van der Waals surface area (Å²) in [5, 5.41) is 3.90. The lowest BCUT2D eigenvalue weighted by atomic mass is 10.1. The molecule has 1 fully saturated rings. The molecule has 3 aromatic carbocycles. The molecule has 3 aromatic rings. The number of carbonyl (C=O) groups excluding carboxylic acids is 2. The highest BCUT2D eigenvalue weighted by molar-refractivity contribution is 7.92. The monoisotopic (exact) mass is 601 g/mol. The first-order valence-corrected chi connectivity index (χ1v) is 15.6. The van der Waals surface area contributed by atoms with Crippen LogP contribution in [0.2, 0.25) is 10.0 Å². The SMILES string of the molecule is CCC(C(=O)NC1CCCC1)N(Cc1ccc(Cl)cc1Cl)C(=O)CN(c1ccccc1)S(=O)(=O)c1ccccc1. The third kappa shape index (κ3) is 7.16. The van der Waals surface area contributed by atoms with Crippen molar-refractivity contribution in [3.05, 3.63) is 94.5 Å². The summed E-state index contributed by atoms with van der Waals surface area (Å²) in [7, 11) is -4.10. The van der Waals surface area contributed by atoms with E-state index in [0.717, 1.165) is 30.0 Å². The minimum atomic E-state index is -4.10. The number of nitrogens with one attached hydrogen (secondary N) is 1. The molecule has 10 heteroatoms. The van der Waals surface area contributed by atoms with E-state index < -0.39 is 28.5 Å². The van der Waals surface area contributed by atoms with Crippen LogP contribution in [0.3, 0.4) is 0 Å². The highest BCUT2D eigenvalue weighted by Gasteiger charge is 2.34. The van der Waals surface area contributed by atoms with Gasteiger partial charge in [0.15, 0.2) is 0 Å². The quantitative estimate of drug-likeness (QED) is 0.289.